The van der Waals surface area contributed by atoms with E-state index in [1.165, 1.54) is 33.4 Å². The monoisotopic (exact) mass is 636 g/mol. The third kappa shape index (κ3) is 5.63. The third-order valence-electron chi connectivity index (χ3n) is 9.48. The number of aromatic nitrogens is 2. The highest BCUT2D eigenvalue weighted by Gasteiger charge is 2.15. The van der Waals surface area contributed by atoms with Crippen molar-refractivity contribution in [3.8, 4) is 67.2 Å². The van der Waals surface area contributed by atoms with Gasteiger partial charge in [-0.15, -0.1) is 0 Å². The molecule has 0 amide bonds. The lowest BCUT2D eigenvalue weighted by molar-refractivity contribution is 1.23. The molecule has 50 heavy (non-hydrogen) atoms. The van der Waals surface area contributed by atoms with Gasteiger partial charge in [-0.2, -0.15) is 0 Å². The second-order valence-electron chi connectivity index (χ2n) is 12.6. The normalized spacial score (nSPS) is 11.2. The lowest BCUT2D eigenvalue weighted by Crippen LogP contribution is -1.96. The largest absolute Gasteiger partial charge is 0.227 e. The fourth-order valence-electron chi connectivity index (χ4n) is 6.89. The van der Waals surface area contributed by atoms with Crippen LogP contribution in [-0.4, -0.2) is 9.97 Å². The SMILES string of the molecule is c1ccc(-c2ccc(-c3nc(-c4cccc(-c5cccc(-c6cccc(-c7ccccc7)c6)c5)c4)nc4c3ccc3ccccc34)cc2)cc1. The number of benzene rings is 8. The molecule has 2 heteroatoms. The van der Waals surface area contributed by atoms with E-state index in [1.807, 2.05) is 6.07 Å². The molecule has 0 aliphatic heterocycles. The van der Waals surface area contributed by atoms with E-state index in [4.69, 9.17) is 9.97 Å². The summed E-state index contributed by atoms with van der Waals surface area (Å²) in [6.07, 6.45) is 0. The second-order valence-corrected chi connectivity index (χ2v) is 12.6. The van der Waals surface area contributed by atoms with E-state index in [2.05, 4.69) is 188 Å². The first kappa shape index (κ1) is 29.5. The number of nitrogens with zero attached hydrogens (tertiary/aromatic N) is 2. The van der Waals surface area contributed by atoms with Gasteiger partial charge in [0.15, 0.2) is 5.82 Å². The zero-order valence-electron chi connectivity index (χ0n) is 27.4. The van der Waals surface area contributed by atoms with Gasteiger partial charge in [-0.3, -0.25) is 0 Å². The molecule has 0 saturated carbocycles. The topological polar surface area (TPSA) is 25.8 Å². The van der Waals surface area contributed by atoms with Crippen LogP contribution in [0.15, 0.2) is 194 Å². The van der Waals surface area contributed by atoms with Crippen LogP contribution in [0.4, 0.5) is 0 Å². The first-order valence-corrected chi connectivity index (χ1v) is 17.0. The summed E-state index contributed by atoms with van der Waals surface area (Å²) >= 11 is 0. The summed E-state index contributed by atoms with van der Waals surface area (Å²) in [5.74, 6) is 0.713. The van der Waals surface area contributed by atoms with Crippen molar-refractivity contribution >= 4 is 21.7 Å². The maximum atomic E-state index is 5.28. The Morgan fingerprint density at radius 3 is 1.32 bits per heavy atom. The van der Waals surface area contributed by atoms with Crippen LogP contribution in [0, 0.1) is 0 Å². The van der Waals surface area contributed by atoms with E-state index >= 15 is 0 Å². The van der Waals surface area contributed by atoms with E-state index in [0.29, 0.717) is 5.82 Å². The molecule has 0 N–H and O–H groups in total. The molecule has 0 fully saturated rings. The Hall–Kier alpha value is -6.64. The minimum Gasteiger partial charge on any atom is -0.227 e. The minimum atomic E-state index is 0.713. The van der Waals surface area contributed by atoms with Crippen molar-refractivity contribution in [2.24, 2.45) is 0 Å². The van der Waals surface area contributed by atoms with Crippen LogP contribution < -0.4 is 0 Å². The molecule has 0 atom stereocenters. The zero-order valence-corrected chi connectivity index (χ0v) is 27.4. The molecule has 1 heterocycles. The molecule has 0 bridgehead atoms. The van der Waals surface area contributed by atoms with Crippen LogP contribution in [-0.2, 0) is 0 Å². The van der Waals surface area contributed by atoms with E-state index in [9.17, 15) is 0 Å². The minimum absolute atomic E-state index is 0.713. The van der Waals surface area contributed by atoms with Gasteiger partial charge in [0, 0.05) is 21.9 Å². The molecule has 1 aromatic heterocycles. The smallest absolute Gasteiger partial charge is 0.160 e. The highest BCUT2D eigenvalue weighted by Crippen LogP contribution is 2.36. The lowest BCUT2D eigenvalue weighted by Gasteiger charge is -2.13. The number of hydrogen-bond acceptors (Lipinski definition) is 2. The predicted molar refractivity (Wildman–Crippen MR) is 210 cm³/mol. The van der Waals surface area contributed by atoms with Gasteiger partial charge < -0.3 is 0 Å². The van der Waals surface area contributed by atoms with E-state index in [-0.39, 0.29) is 0 Å². The van der Waals surface area contributed by atoms with Gasteiger partial charge in [0.1, 0.15) is 0 Å². The Bertz CT molecular complexity index is 2620. The Labute approximate surface area is 292 Å². The van der Waals surface area contributed by atoms with E-state index < -0.39 is 0 Å². The van der Waals surface area contributed by atoms with Crippen molar-refractivity contribution in [1.29, 1.82) is 0 Å². The average molecular weight is 637 g/mol. The first-order valence-electron chi connectivity index (χ1n) is 17.0. The maximum Gasteiger partial charge on any atom is 0.160 e. The molecular formula is C48H32N2. The van der Waals surface area contributed by atoms with Gasteiger partial charge in [0.2, 0.25) is 0 Å². The van der Waals surface area contributed by atoms with Crippen molar-refractivity contribution in [3.63, 3.8) is 0 Å². The van der Waals surface area contributed by atoms with Gasteiger partial charge >= 0.3 is 0 Å². The average Bonchev–Trinajstić information content (AvgIpc) is 3.21. The van der Waals surface area contributed by atoms with Crippen molar-refractivity contribution < 1.29 is 0 Å². The quantitative estimate of drug-likeness (QED) is 0.170. The number of fused-ring (bicyclic) bond motifs is 3. The molecular weight excluding hydrogens is 605 g/mol. The van der Waals surface area contributed by atoms with Crippen molar-refractivity contribution in [2.75, 3.05) is 0 Å². The Morgan fingerprint density at radius 2 is 0.700 bits per heavy atom. The van der Waals surface area contributed by atoms with Crippen LogP contribution in [0.5, 0.6) is 0 Å². The van der Waals surface area contributed by atoms with Crippen LogP contribution in [0.2, 0.25) is 0 Å². The molecule has 234 valence electrons. The molecule has 0 saturated heterocycles. The molecule has 0 aliphatic carbocycles. The molecule has 0 unspecified atom stereocenters. The van der Waals surface area contributed by atoms with Crippen LogP contribution in [0.3, 0.4) is 0 Å². The molecule has 9 aromatic rings. The maximum absolute atomic E-state index is 5.28. The van der Waals surface area contributed by atoms with Crippen LogP contribution >= 0.6 is 0 Å². The van der Waals surface area contributed by atoms with E-state index in [1.54, 1.807) is 0 Å². The summed E-state index contributed by atoms with van der Waals surface area (Å²) in [7, 11) is 0. The summed E-state index contributed by atoms with van der Waals surface area (Å²) in [5.41, 5.74) is 13.4. The summed E-state index contributed by atoms with van der Waals surface area (Å²) in [5, 5.41) is 3.33. The molecule has 9 rings (SSSR count). The Balaban J connectivity index is 1.14. The summed E-state index contributed by atoms with van der Waals surface area (Å²) in [6.45, 7) is 0. The summed E-state index contributed by atoms with van der Waals surface area (Å²) in [6, 6.07) is 68.7. The molecule has 0 spiro atoms. The molecule has 8 aromatic carbocycles. The fraction of sp³-hybridized carbons (Fsp3) is 0. The van der Waals surface area contributed by atoms with Crippen LogP contribution in [0.1, 0.15) is 0 Å². The van der Waals surface area contributed by atoms with Crippen LogP contribution in [0.25, 0.3) is 88.8 Å². The number of rotatable bonds is 6. The summed E-state index contributed by atoms with van der Waals surface area (Å²) in [4.78, 5) is 10.5. The van der Waals surface area contributed by atoms with Gasteiger partial charge in [0.05, 0.1) is 11.2 Å². The van der Waals surface area contributed by atoms with Gasteiger partial charge in [0.25, 0.3) is 0 Å². The van der Waals surface area contributed by atoms with Gasteiger partial charge in [-0.25, -0.2) is 9.97 Å². The Morgan fingerprint density at radius 1 is 0.260 bits per heavy atom. The predicted octanol–water partition coefficient (Wildman–Crippen LogP) is 12.8. The van der Waals surface area contributed by atoms with Gasteiger partial charge in [-0.05, 0) is 74.2 Å². The lowest BCUT2D eigenvalue weighted by atomic mass is 9.95. The van der Waals surface area contributed by atoms with Crippen molar-refractivity contribution in [2.45, 2.75) is 0 Å². The fourth-order valence-corrected chi connectivity index (χ4v) is 6.89. The molecule has 2 nitrogen and oxygen atoms in total. The highest BCUT2D eigenvalue weighted by molar-refractivity contribution is 6.09. The van der Waals surface area contributed by atoms with Gasteiger partial charge in [-0.1, -0.05) is 170 Å². The standard InChI is InChI=1S/C48H32N2/c1-3-12-33(13-4-1)35-24-26-37(27-25-35)46-45-29-28-36-16-7-8-23-44(36)47(45)50-48(49-46)43-22-11-21-42(32-43)41-20-10-19-40(31-41)39-18-9-17-38(30-39)34-14-5-2-6-15-34/h1-32H. The summed E-state index contributed by atoms with van der Waals surface area (Å²) < 4.78 is 0. The molecule has 0 radical (unpaired) electrons. The highest BCUT2D eigenvalue weighted by atomic mass is 14.9. The zero-order chi connectivity index (χ0) is 33.3. The van der Waals surface area contributed by atoms with E-state index in [0.717, 1.165) is 49.6 Å². The Kier molecular flexibility index (Phi) is 7.53. The molecule has 0 aliphatic rings. The first-order chi connectivity index (χ1) is 24.8. The third-order valence-corrected chi connectivity index (χ3v) is 9.48. The van der Waals surface area contributed by atoms with Crippen molar-refractivity contribution in [3.05, 3.63) is 194 Å². The number of hydrogen-bond donors (Lipinski definition) is 0. The second kappa shape index (κ2) is 12.8. The van der Waals surface area contributed by atoms with Crippen molar-refractivity contribution in [1.82, 2.24) is 9.97 Å².